The van der Waals surface area contributed by atoms with E-state index in [-0.39, 0.29) is 6.42 Å². The summed E-state index contributed by atoms with van der Waals surface area (Å²) in [6.07, 6.45) is 0.817. The number of ether oxygens (including phenoxy) is 2. The number of hydrogen-bond donors (Lipinski definition) is 1. The van der Waals surface area contributed by atoms with Crippen molar-refractivity contribution in [2.75, 3.05) is 6.61 Å². The number of carboxylic acid groups (broad SMARTS) is 1. The minimum absolute atomic E-state index is 0.214. The van der Waals surface area contributed by atoms with Gasteiger partial charge in [0.05, 0.1) is 12.3 Å². The summed E-state index contributed by atoms with van der Waals surface area (Å²) in [6.45, 7) is 5.91. The van der Waals surface area contributed by atoms with Crippen molar-refractivity contribution in [2.45, 2.75) is 39.2 Å². The number of aryl methyl sites for hydroxylation is 2. The fourth-order valence-corrected chi connectivity index (χ4v) is 5.12. The van der Waals surface area contributed by atoms with Gasteiger partial charge in [-0.25, -0.2) is 9.78 Å². The number of oxazole rings is 1. The molecule has 3 aromatic carbocycles. The van der Waals surface area contributed by atoms with Gasteiger partial charge in [0.15, 0.2) is 0 Å². The Labute approximate surface area is 237 Å². The normalized spacial score (nSPS) is 12.6. The molecule has 0 radical (unpaired) electrons. The zero-order valence-electron chi connectivity index (χ0n) is 22.7. The third kappa shape index (κ3) is 6.43. The van der Waals surface area contributed by atoms with Gasteiger partial charge in [-0.2, -0.15) is 0 Å². The van der Waals surface area contributed by atoms with Crippen molar-refractivity contribution < 1.29 is 23.8 Å². The van der Waals surface area contributed by atoms with Gasteiger partial charge in [-0.1, -0.05) is 48.0 Å². The lowest BCUT2D eigenvalue weighted by Gasteiger charge is -2.26. The molecule has 0 saturated heterocycles. The maximum Gasteiger partial charge on any atom is 0.348 e. The van der Waals surface area contributed by atoms with E-state index in [4.69, 9.17) is 18.9 Å². The molecule has 1 atom stereocenters. The molecule has 6 nitrogen and oxygen atoms in total. The van der Waals surface area contributed by atoms with E-state index in [9.17, 15) is 9.90 Å². The number of benzene rings is 3. The molecule has 0 amide bonds. The SMILES string of the molecule is Cc1ccc(OC(C)(Cc2ccc(OCCc3nc(-c4ccc(-c5cccs5)cc4)oc3C)cc2)C(=O)O)cc1. The summed E-state index contributed by atoms with van der Waals surface area (Å²) in [7, 11) is 0. The average molecular weight is 554 g/mol. The van der Waals surface area contributed by atoms with E-state index in [1.807, 2.05) is 68.4 Å². The maximum absolute atomic E-state index is 12.1. The van der Waals surface area contributed by atoms with E-state index in [0.717, 1.165) is 28.1 Å². The molecule has 1 unspecified atom stereocenters. The Morgan fingerprint density at radius 3 is 2.25 bits per heavy atom. The van der Waals surface area contributed by atoms with Gasteiger partial charge >= 0.3 is 5.97 Å². The predicted molar refractivity (Wildman–Crippen MR) is 157 cm³/mol. The number of aliphatic carboxylic acids is 1. The van der Waals surface area contributed by atoms with E-state index in [0.29, 0.717) is 30.4 Å². The van der Waals surface area contributed by atoms with Crippen molar-refractivity contribution >= 4 is 17.3 Å². The molecule has 2 heterocycles. The largest absolute Gasteiger partial charge is 0.493 e. The Hall–Kier alpha value is -4.36. The van der Waals surface area contributed by atoms with Gasteiger partial charge < -0.3 is 19.0 Å². The molecule has 40 heavy (non-hydrogen) atoms. The van der Waals surface area contributed by atoms with E-state index in [1.165, 1.54) is 10.4 Å². The third-order valence-corrected chi connectivity index (χ3v) is 7.64. The van der Waals surface area contributed by atoms with Crippen LogP contribution in [0, 0.1) is 13.8 Å². The average Bonchev–Trinajstić information content (AvgIpc) is 3.62. The Bertz CT molecular complexity index is 1560. The molecule has 0 aliphatic carbocycles. The second kappa shape index (κ2) is 11.8. The summed E-state index contributed by atoms with van der Waals surface area (Å²) in [5.74, 6) is 1.58. The van der Waals surface area contributed by atoms with Gasteiger partial charge in [0.25, 0.3) is 0 Å². The zero-order valence-corrected chi connectivity index (χ0v) is 23.5. The smallest absolute Gasteiger partial charge is 0.348 e. The summed E-state index contributed by atoms with van der Waals surface area (Å²) < 4.78 is 17.8. The van der Waals surface area contributed by atoms with E-state index in [2.05, 4.69) is 23.6 Å². The Kier molecular flexibility index (Phi) is 8.03. The number of nitrogens with zero attached hydrogens (tertiary/aromatic N) is 1. The minimum atomic E-state index is -1.40. The molecule has 0 aliphatic heterocycles. The molecule has 7 heteroatoms. The van der Waals surface area contributed by atoms with E-state index in [1.54, 1.807) is 30.4 Å². The number of hydrogen-bond acceptors (Lipinski definition) is 6. The van der Waals surface area contributed by atoms with Crippen LogP contribution >= 0.6 is 11.3 Å². The summed E-state index contributed by atoms with van der Waals surface area (Å²) in [4.78, 5) is 18.0. The lowest BCUT2D eigenvalue weighted by atomic mass is 9.96. The van der Waals surface area contributed by atoms with Crippen LogP contribution in [0.25, 0.3) is 21.9 Å². The molecular formula is C33H31NO5S. The second-order valence-corrected chi connectivity index (χ2v) is 10.9. The van der Waals surface area contributed by atoms with Crippen LogP contribution < -0.4 is 9.47 Å². The minimum Gasteiger partial charge on any atom is -0.493 e. The molecule has 204 valence electrons. The first-order chi connectivity index (χ1) is 19.3. The standard InChI is InChI=1S/C33H31NO5S/c1-22-6-14-28(15-7-22)39-33(3,32(35)36)21-24-8-16-27(17-9-24)37-19-18-29-23(2)38-31(34-29)26-12-10-25(11-13-26)30-5-4-20-40-30/h4-17,20H,18-19,21H2,1-3H3,(H,35,36). The number of rotatable bonds is 11. The molecule has 5 rings (SSSR count). The quantitative estimate of drug-likeness (QED) is 0.180. The van der Waals surface area contributed by atoms with Crippen LogP contribution in [0.15, 0.2) is 94.7 Å². The number of aromatic nitrogens is 1. The van der Waals surface area contributed by atoms with Crippen LogP contribution in [0.3, 0.4) is 0 Å². The summed E-state index contributed by atoms with van der Waals surface area (Å²) in [5, 5.41) is 11.9. The number of carboxylic acids is 1. The van der Waals surface area contributed by atoms with Crippen LogP contribution in [0.5, 0.6) is 11.5 Å². The third-order valence-electron chi connectivity index (χ3n) is 6.72. The molecule has 0 fully saturated rings. The van der Waals surface area contributed by atoms with Crippen molar-refractivity contribution in [3.63, 3.8) is 0 Å². The Morgan fingerprint density at radius 1 is 0.925 bits per heavy atom. The van der Waals surface area contributed by atoms with Crippen LogP contribution in [0.2, 0.25) is 0 Å². The van der Waals surface area contributed by atoms with Crippen LogP contribution in [-0.4, -0.2) is 28.3 Å². The molecule has 0 saturated carbocycles. The lowest BCUT2D eigenvalue weighted by molar-refractivity contribution is -0.153. The Balaban J connectivity index is 1.16. The van der Waals surface area contributed by atoms with Gasteiger partial charge in [-0.15, -0.1) is 11.3 Å². The fourth-order valence-electron chi connectivity index (χ4n) is 4.38. The fraction of sp³-hybridized carbons (Fsp3) is 0.212. The summed E-state index contributed by atoms with van der Waals surface area (Å²) in [5.41, 5.74) is 3.49. The second-order valence-electron chi connectivity index (χ2n) is 9.95. The maximum atomic E-state index is 12.1. The summed E-state index contributed by atoms with van der Waals surface area (Å²) >= 11 is 1.71. The predicted octanol–water partition coefficient (Wildman–Crippen LogP) is 7.77. The highest BCUT2D eigenvalue weighted by Gasteiger charge is 2.36. The highest BCUT2D eigenvalue weighted by molar-refractivity contribution is 7.13. The van der Waals surface area contributed by atoms with Gasteiger partial charge in [-0.05, 0) is 79.7 Å². The van der Waals surface area contributed by atoms with Crippen molar-refractivity contribution in [3.05, 3.63) is 113 Å². The van der Waals surface area contributed by atoms with Gasteiger partial charge in [0.2, 0.25) is 11.5 Å². The van der Waals surface area contributed by atoms with Crippen LogP contribution in [0.4, 0.5) is 0 Å². The highest BCUT2D eigenvalue weighted by Crippen LogP contribution is 2.29. The molecule has 5 aromatic rings. The Morgan fingerprint density at radius 2 is 1.60 bits per heavy atom. The monoisotopic (exact) mass is 553 g/mol. The number of carbonyl (C=O) groups is 1. The van der Waals surface area contributed by atoms with E-state index >= 15 is 0 Å². The van der Waals surface area contributed by atoms with Crippen molar-refractivity contribution in [1.82, 2.24) is 4.98 Å². The van der Waals surface area contributed by atoms with Crippen LogP contribution in [0.1, 0.15) is 29.5 Å². The van der Waals surface area contributed by atoms with Crippen LogP contribution in [-0.2, 0) is 17.6 Å². The van der Waals surface area contributed by atoms with Crippen molar-refractivity contribution in [3.8, 4) is 33.4 Å². The highest BCUT2D eigenvalue weighted by atomic mass is 32.1. The summed E-state index contributed by atoms with van der Waals surface area (Å²) in [6, 6.07) is 27.2. The van der Waals surface area contributed by atoms with Gasteiger partial charge in [-0.3, -0.25) is 0 Å². The van der Waals surface area contributed by atoms with Crippen molar-refractivity contribution in [1.29, 1.82) is 0 Å². The first-order valence-electron chi connectivity index (χ1n) is 13.1. The molecule has 1 N–H and O–H groups in total. The number of thiophene rings is 1. The van der Waals surface area contributed by atoms with Gasteiger partial charge in [0, 0.05) is 23.3 Å². The topological polar surface area (TPSA) is 81.8 Å². The molecular weight excluding hydrogens is 522 g/mol. The zero-order chi connectivity index (χ0) is 28.1. The molecule has 0 aliphatic rings. The first-order valence-corrected chi connectivity index (χ1v) is 14.0. The van der Waals surface area contributed by atoms with Gasteiger partial charge in [0.1, 0.15) is 17.3 Å². The molecule has 0 bridgehead atoms. The lowest BCUT2D eigenvalue weighted by Crippen LogP contribution is -2.43. The van der Waals surface area contributed by atoms with Crippen molar-refractivity contribution in [2.24, 2.45) is 0 Å². The molecule has 0 spiro atoms. The van der Waals surface area contributed by atoms with E-state index < -0.39 is 11.6 Å². The molecule has 2 aromatic heterocycles. The first kappa shape index (κ1) is 27.2.